The van der Waals surface area contributed by atoms with Crippen molar-refractivity contribution < 1.29 is 0 Å². The van der Waals surface area contributed by atoms with E-state index in [9.17, 15) is 0 Å². The minimum Gasteiger partial charge on any atom is -0.309 e. The monoisotopic (exact) mass is 1090 g/mol. The molecule has 0 spiro atoms. The van der Waals surface area contributed by atoms with Crippen molar-refractivity contribution in [1.82, 2.24) is 9.13 Å². The van der Waals surface area contributed by atoms with Crippen LogP contribution in [-0.2, 0) is 0 Å². The quantitative estimate of drug-likeness (QED) is 0.122. The number of hydrogen-bond donors (Lipinski definition) is 0. The average Bonchev–Trinajstić information content (AvgIpc) is 1.96. The smallest absolute Gasteiger partial charge is 0.0541 e. The Balaban J connectivity index is 0.658. The van der Waals surface area contributed by atoms with Gasteiger partial charge in [-0.25, -0.2) is 0 Å². The molecule has 0 radical (unpaired) electrons. The molecule has 0 saturated heterocycles. The molecule has 0 saturated carbocycles. The van der Waals surface area contributed by atoms with Crippen molar-refractivity contribution in [1.29, 1.82) is 0 Å². The molecule has 16 aromatic rings. The second-order valence-electron chi connectivity index (χ2n) is 22.4. The van der Waals surface area contributed by atoms with E-state index in [0.29, 0.717) is 0 Å². The van der Waals surface area contributed by atoms with E-state index in [4.69, 9.17) is 0 Å². The van der Waals surface area contributed by atoms with E-state index in [1.54, 1.807) is 0 Å². The van der Waals surface area contributed by atoms with Crippen molar-refractivity contribution >= 4 is 43.6 Å². The van der Waals surface area contributed by atoms with Crippen molar-refractivity contribution in [2.45, 2.75) is 0 Å². The van der Waals surface area contributed by atoms with E-state index < -0.39 is 0 Å². The fraction of sp³-hybridized carbons (Fsp3) is 0. The minimum absolute atomic E-state index is 1.15. The Kier molecular flexibility index (Phi) is 12.6. The number of nitrogens with zero attached hydrogens (tertiary/aromatic N) is 2. The maximum atomic E-state index is 2.45. The van der Waals surface area contributed by atoms with Crippen LogP contribution in [0.15, 0.2) is 340 Å². The second-order valence-corrected chi connectivity index (χ2v) is 22.4. The van der Waals surface area contributed by atoms with Crippen LogP contribution in [0.2, 0.25) is 0 Å². The summed E-state index contributed by atoms with van der Waals surface area (Å²) in [7, 11) is 0. The van der Waals surface area contributed by atoms with Crippen LogP contribution in [0.4, 0.5) is 0 Å². The molecule has 0 aliphatic heterocycles. The van der Waals surface area contributed by atoms with E-state index in [2.05, 4.69) is 349 Å². The van der Waals surface area contributed by atoms with Gasteiger partial charge in [0.2, 0.25) is 0 Å². The summed E-state index contributed by atoms with van der Waals surface area (Å²) in [4.78, 5) is 0. The Labute approximate surface area is 501 Å². The van der Waals surface area contributed by atoms with Crippen LogP contribution in [0.25, 0.3) is 155 Å². The fourth-order valence-corrected chi connectivity index (χ4v) is 13.0. The zero-order valence-corrected chi connectivity index (χ0v) is 47.2. The Morgan fingerprint density at radius 1 is 0.151 bits per heavy atom. The third-order valence-corrected chi connectivity index (χ3v) is 17.4. The van der Waals surface area contributed by atoms with Gasteiger partial charge in [0.25, 0.3) is 0 Å². The highest BCUT2D eigenvalue weighted by Gasteiger charge is 2.19. The molecule has 2 nitrogen and oxygen atoms in total. The van der Waals surface area contributed by atoms with Gasteiger partial charge < -0.3 is 9.13 Å². The predicted octanol–water partition coefficient (Wildman–Crippen LogP) is 22.9. The SMILES string of the molecule is c1ccc(-c2cccc(-c3ccc(-c4cccc(-c5cccc(-c6ccc(-c7ccc(-c8ccccc8-n8c9ccccc9c9cc(-c%10ccc%11c(c%10)c%10ccccc%10n%11-c%10cccc(-c%11ccccc%11)c%10)ccc98)cc7)cc6)c5)c4)cc3)c2)cc1. The first-order chi connectivity index (χ1) is 42.6. The molecule has 0 atom stereocenters. The van der Waals surface area contributed by atoms with E-state index in [1.807, 2.05) is 0 Å². The molecule has 0 bridgehead atoms. The molecule has 402 valence electrons. The number of rotatable bonds is 11. The van der Waals surface area contributed by atoms with E-state index in [0.717, 1.165) is 11.4 Å². The molecule has 0 N–H and O–H groups in total. The maximum Gasteiger partial charge on any atom is 0.0541 e. The minimum atomic E-state index is 1.15. The number of aromatic nitrogens is 2. The molecule has 2 aromatic heterocycles. The largest absolute Gasteiger partial charge is 0.309 e. The van der Waals surface area contributed by atoms with Gasteiger partial charge in [-0.2, -0.15) is 0 Å². The number of benzene rings is 14. The second kappa shape index (κ2) is 21.5. The zero-order valence-electron chi connectivity index (χ0n) is 47.2. The van der Waals surface area contributed by atoms with Crippen LogP contribution >= 0.6 is 0 Å². The molecule has 0 amide bonds. The first-order valence-corrected chi connectivity index (χ1v) is 29.6. The van der Waals surface area contributed by atoms with Gasteiger partial charge in [0.1, 0.15) is 0 Å². The standard InChI is InChI=1S/C84H56N2/c1-3-17-57(18-4-1)65-21-13-22-66(51-65)62-39-41-63(42-40-62)68-24-15-26-70(53-68)69-25-14-23-67(52-69)61-37-35-59(36-38-61)60-43-45-64(46-44-60)75-29-7-10-32-80(75)86-82-34-12-9-31-77(82)79-56-73(48-50-84(79)86)72-47-49-83-78(55-72)76-30-8-11-33-81(76)85(83)74-28-16-27-71(54-74)58-19-5-2-6-20-58/h1-56H. The Bertz CT molecular complexity index is 5180. The number of para-hydroxylation sites is 3. The third-order valence-electron chi connectivity index (χ3n) is 17.4. The van der Waals surface area contributed by atoms with Crippen LogP contribution in [0.1, 0.15) is 0 Å². The van der Waals surface area contributed by atoms with Gasteiger partial charge in [0, 0.05) is 32.8 Å². The lowest BCUT2D eigenvalue weighted by atomic mass is 9.94. The maximum absolute atomic E-state index is 2.45. The summed E-state index contributed by atoms with van der Waals surface area (Å²) in [5.41, 5.74) is 28.6. The summed E-state index contributed by atoms with van der Waals surface area (Å²) >= 11 is 0. The topological polar surface area (TPSA) is 9.86 Å². The van der Waals surface area contributed by atoms with Gasteiger partial charge >= 0.3 is 0 Å². The van der Waals surface area contributed by atoms with E-state index in [1.165, 1.54) is 144 Å². The van der Waals surface area contributed by atoms with Crippen LogP contribution < -0.4 is 0 Å². The molecule has 14 aromatic carbocycles. The summed E-state index contributed by atoms with van der Waals surface area (Å²) in [5, 5.41) is 4.94. The first-order valence-electron chi connectivity index (χ1n) is 29.6. The Hall–Kier alpha value is -11.3. The highest BCUT2D eigenvalue weighted by Crippen LogP contribution is 2.42. The van der Waals surface area contributed by atoms with Crippen molar-refractivity contribution in [2.75, 3.05) is 0 Å². The van der Waals surface area contributed by atoms with Crippen LogP contribution in [-0.4, -0.2) is 9.13 Å². The number of hydrogen-bond acceptors (Lipinski definition) is 0. The van der Waals surface area contributed by atoms with Gasteiger partial charge in [-0.1, -0.05) is 267 Å². The Morgan fingerprint density at radius 3 is 0.919 bits per heavy atom. The summed E-state index contributed by atoms with van der Waals surface area (Å²) in [5.74, 6) is 0. The summed E-state index contributed by atoms with van der Waals surface area (Å²) in [6.45, 7) is 0. The molecule has 2 heteroatoms. The summed E-state index contributed by atoms with van der Waals surface area (Å²) in [6, 6.07) is 124. The third kappa shape index (κ3) is 9.18. The van der Waals surface area contributed by atoms with Crippen molar-refractivity contribution in [3.63, 3.8) is 0 Å². The molecule has 0 aliphatic carbocycles. The summed E-state index contributed by atoms with van der Waals surface area (Å²) in [6.07, 6.45) is 0. The van der Waals surface area contributed by atoms with Crippen LogP contribution in [0.3, 0.4) is 0 Å². The average molecular weight is 1090 g/mol. The molecule has 86 heavy (non-hydrogen) atoms. The van der Waals surface area contributed by atoms with Gasteiger partial charge in [-0.15, -0.1) is 0 Å². The first kappa shape index (κ1) is 50.4. The molecule has 0 aliphatic rings. The van der Waals surface area contributed by atoms with E-state index in [-0.39, 0.29) is 0 Å². The normalized spacial score (nSPS) is 11.5. The summed E-state index contributed by atoms with van der Waals surface area (Å²) < 4.78 is 4.86. The molecule has 2 heterocycles. The molecular formula is C84H56N2. The lowest BCUT2D eigenvalue weighted by Gasteiger charge is -2.15. The highest BCUT2D eigenvalue weighted by atomic mass is 15.0. The zero-order chi connectivity index (χ0) is 56.9. The molecular weight excluding hydrogens is 1040 g/mol. The van der Waals surface area contributed by atoms with Crippen LogP contribution in [0.5, 0.6) is 0 Å². The highest BCUT2D eigenvalue weighted by molar-refractivity contribution is 6.13. The van der Waals surface area contributed by atoms with Gasteiger partial charge in [0.05, 0.1) is 27.8 Å². The molecule has 0 fully saturated rings. The predicted molar refractivity (Wildman–Crippen MR) is 364 cm³/mol. The van der Waals surface area contributed by atoms with Crippen molar-refractivity contribution in [3.8, 4) is 112 Å². The van der Waals surface area contributed by atoms with Gasteiger partial charge in [0.15, 0.2) is 0 Å². The van der Waals surface area contributed by atoms with E-state index >= 15 is 0 Å². The molecule has 16 rings (SSSR count). The number of fused-ring (bicyclic) bond motifs is 6. The lowest BCUT2D eigenvalue weighted by Crippen LogP contribution is -1.97. The Morgan fingerprint density at radius 2 is 0.442 bits per heavy atom. The lowest BCUT2D eigenvalue weighted by molar-refractivity contribution is 1.18. The van der Waals surface area contributed by atoms with Crippen molar-refractivity contribution in [2.24, 2.45) is 0 Å². The van der Waals surface area contributed by atoms with Crippen molar-refractivity contribution in [3.05, 3.63) is 340 Å². The van der Waals surface area contributed by atoms with Gasteiger partial charge in [-0.05, 0) is 167 Å². The van der Waals surface area contributed by atoms with Crippen LogP contribution in [0, 0.1) is 0 Å². The fourth-order valence-electron chi connectivity index (χ4n) is 13.0. The van der Waals surface area contributed by atoms with Gasteiger partial charge in [-0.3, -0.25) is 0 Å². The molecule has 0 unspecified atom stereocenters.